The molecule has 0 aromatic carbocycles. The van der Waals surface area contributed by atoms with Crippen molar-refractivity contribution in [3.63, 3.8) is 0 Å². The van der Waals surface area contributed by atoms with Gasteiger partial charge in [0.05, 0.1) is 0 Å². The van der Waals surface area contributed by atoms with Crippen molar-refractivity contribution in [2.75, 3.05) is 0 Å². The van der Waals surface area contributed by atoms with Gasteiger partial charge in [-0.1, -0.05) is 6.58 Å². The molecule has 0 aliphatic carbocycles. The van der Waals surface area contributed by atoms with Gasteiger partial charge < -0.3 is 19.4 Å². The summed E-state index contributed by atoms with van der Waals surface area (Å²) in [6.07, 6.45) is 1.37. The van der Waals surface area contributed by atoms with Crippen LogP contribution in [-0.2, 0) is 14.2 Å². The van der Waals surface area contributed by atoms with Gasteiger partial charge in [0.1, 0.15) is 24.5 Å². The van der Waals surface area contributed by atoms with Gasteiger partial charge in [0, 0.05) is 0 Å². The van der Waals surface area contributed by atoms with Crippen LogP contribution in [0.25, 0.3) is 11.2 Å². The van der Waals surface area contributed by atoms with E-state index in [2.05, 4.69) is 16.5 Å². The third-order valence-corrected chi connectivity index (χ3v) is 3.78. The molecule has 4 rings (SSSR count). The molecular formula is C13H15N5O4. The number of nitrogens with one attached hydrogen (secondary N) is 1. The lowest BCUT2D eigenvalue weighted by atomic mass is 10.2. The Morgan fingerprint density at radius 1 is 1.32 bits per heavy atom. The Kier molecular flexibility index (Phi) is 2.46. The first-order valence-corrected chi connectivity index (χ1v) is 6.76. The second-order valence-corrected chi connectivity index (χ2v) is 5.76. The van der Waals surface area contributed by atoms with Crippen molar-refractivity contribution in [2.24, 2.45) is 0 Å². The molecule has 4 heterocycles. The lowest BCUT2D eigenvalue weighted by Crippen LogP contribution is -2.28. The molecule has 3 unspecified atom stereocenters. The molecule has 0 spiro atoms. The zero-order chi connectivity index (χ0) is 15.6. The summed E-state index contributed by atoms with van der Waals surface area (Å²) >= 11 is 0. The largest absolute Gasteiger partial charge is 0.469 e. The minimum absolute atomic E-state index is 0.152. The Balaban J connectivity index is 1.81. The summed E-state index contributed by atoms with van der Waals surface area (Å²) in [5.41, 5.74) is 0.531. The molecule has 9 heteroatoms. The first-order valence-electron chi connectivity index (χ1n) is 6.76. The molecule has 22 heavy (non-hydrogen) atoms. The highest BCUT2D eigenvalue weighted by Gasteiger charge is 2.54. The average molecular weight is 305 g/mol. The van der Waals surface area contributed by atoms with Crippen molar-refractivity contribution >= 4 is 11.2 Å². The van der Waals surface area contributed by atoms with Gasteiger partial charge in [-0.25, -0.2) is 9.97 Å². The molecular weight excluding hydrogens is 290 g/mol. The summed E-state index contributed by atoms with van der Waals surface area (Å²) in [5.74, 6) is -0.236. The zero-order valence-corrected chi connectivity index (χ0v) is 12.1. The van der Waals surface area contributed by atoms with Crippen LogP contribution in [0.2, 0.25) is 0 Å². The van der Waals surface area contributed by atoms with Gasteiger partial charge in [0.25, 0.3) is 0 Å². The quantitative estimate of drug-likeness (QED) is 0.743. The molecule has 0 bridgehead atoms. The minimum Gasteiger partial charge on any atom is -0.469 e. The molecule has 3 atom stereocenters. The van der Waals surface area contributed by atoms with Crippen molar-refractivity contribution in [1.29, 1.82) is 5.41 Å². The summed E-state index contributed by atoms with van der Waals surface area (Å²) in [6.45, 7) is 7.53. The number of rotatable bonds is 1. The van der Waals surface area contributed by atoms with E-state index in [9.17, 15) is 5.21 Å². The predicted octanol–water partition coefficient (Wildman–Crippen LogP) is 0.512. The Bertz CT molecular complexity index is 839. The van der Waals surface area contributed by atoms with Crippen LogP contribution in [-0.4, -0.2) is 42.5 Å². The van der Waals surface area contributed by atoms with Gasteiger partial charge in [-0.05, 0) is 13.8 Å². The Morgan fingerprint density at radius 3 is 2.86 bits per heavy atom. The number of fused-ring (bicyclic) bond motifs is 2. The smallest absolute Gasteiger partial charge is 0.207 e. The van der Waals surface area contributed by atoms with E-state index in [1.807, 2.05) is 13.8 Å². The molecule has 0 saturated carbocycles. The molecule has 2 aliphatic rings. The lowest BCUT2D eigenvalue weighted by molar-refractivity contribution is -0.173. The molecule has 2 N–H and O–H groups in total. The Morgan fingerprint density at radius 2 is 2.09 bits per heavy atom. The van der Waals surface area contributed by atoms with Crippen LogP contribution in [0.3, 0.4) is 0 Å². The van der Waals surface area contributed by atoms with Gasteiger partial charge in [0.15, 0.2) is 28.5 Å². The van der Waals surface area contributed by atoms with Crippen LogP contribution in [0.5, 0.6) is 0 Å². The summed E-state index contributed by atoms with van der Waals surface area (Å²) in [6, 6.07) is 0. The molecule has 0 amide bonds. The standard InChI is InChI=1S/C13H15N5O4/c1-6-8-9(22-13(2,3)21-8)12(20-6)17-4-15-7-10(14)18(19)5-16-11(7)17/h4-5,8-9,12,14,19H,1H2,2-3H3. The summed E-state index contributed by atoms with van der Waals surface area (Å²) < 4.78 is 19.7. The van der Waals surface area contributed by atoms with Crippen LogP contribution in [0.4, 0.5) is 0 Å². The van der Waals surface area contributed by atoms with Crippen molar-refractivity contribution in [1.82, 2.24) is 19.3 Å². The molecule has 2 aromatic rings. The molecule has 2 aromatic heterocycles. The van der Waals surface area contributed by atoms with E-state index in [0.717, 1.165) is 6.33 Å². The highest BCUT2D eigenvalue weighted by atomic mass is 16.8. The predicted molar refractivity (Wildman–Crippen MR) is 71.6 cm³/mol. The summed E-state index contributed by atoms with van der Waals surface area (Å²) in [4.78, 5) is 8.23. The maximum absolute atomic E-state index is 9.48. The number of hydrogen-bond acceptors (Lipinski definition) is 7. The maximum atomic E-state index is 9.48. The Hall–Kier alpha value is -2.39. The second-order valence-electron chi connectivity index (χ2n) is 5.76. The number of imidazole rings is 1. The third-order valence-electron chi connectivity index (χ3n) is 3.78. The van der Waals surface area contributed by atoms with Gasteiger partial charge >= 0.3 is 0 Å². The fourth-order valence-electron chi connectivity index (χ4n) is 2.86. The van der Waals surface area contributed by atoms with Crippen LogP contribution >= 0.6 is 0 Å². The van der Waals surface area contributed by atoms with Gasteiger partial charge in [-0.15, -0.1) is 0 Å². The first-order chi connectivity index (χ1) is 10.4. The van der Waals surface area contributed by atoms with Crippen LogP contribution in [0.1, 0.15) is 20.1 Å². The van der Waals surface area contributed by atoms with Gasteiger partial charge in [-0.3, -0.25) is 9.98 Å². The fourth-order valence-corrected chi connectivity index (χ4v) is 2.86. The third kappa shape index (κ3) is 1.69. The first kappa shape index (κ1) is 13.3. The monoisotopic (exact) mass is 305 g/mol. The molecule has 2 fully saturated rings. The van der Waals surface area contributed by atoms with Crippen molar-refractivity contribution in [3.8, 4) is 0 Å². The van der Waals surface area contributed by atoms with E-state index in [-0.39, 0.29) is 23.2 Å². The summed E-state index contributed by atoms with van der Waals surface area (Å²) in [5, 5.41) is 17.3. The van der Waals surface area contributed by atoms with Crippen LogP contribution < -0.4 is 5.49 Å². The maximum Gasteiger partial charge on any atom is 0.207 e. The second kappa shape index (κ2) is 4.08. The summed E-state index contributed by atoms with van der Waals surface area (Å²) in [7, 11) is 0. The van der Waals surface area contributed by atoms with E-state index >= 15 is 0 Å². The number of ether oxygens (including phenoxy) is 3. The van der Waals surface area contributed by atoms with Crippen molar-refractivity contribution < 1.29 is 19.4 Å². The van der Waals surface area contributed by atoms with E-state index in [0.29, 0.717) is 16.1 Å². The molecule has 2 aliphatic heterocycles. The van der Waals surface area contributed by atoms with Crippen LogP contribution in [0.15, 0.2) is 25.0 Å². The highest BCUT2D eigenvalue weighted by molar-refractivity contribution is 5.68. The lowest BCUT2D eigenvalue weighted by Gasteiger charge is -2.23. The fraction of sp³-hybridized carbons (Fsp3) is 0.462. The minimum atomic E-state index is -0.723. The number of nitrogens with zero attached hydrogens (tertiary/aromatic N) is 4. The molecule has 9 nitrogen and oxygen atoms in total. The number of hydrogen-bond donors (Lipinski definition) is 2. The number of aromatic nitrogens is 4. The Labute approximate surface area is 124 Å². The molecule has 0 radical (unpaired) electrons. The average Bonchev–Trinajstić information content (AvgIpc) is 3.08. The molecule has 116 valence electrons. The normalized spacial score (nSPS) is 29.7. The molecule has 2 saturated heterocycles. The topological polar surface area (TPSA) is 107 Å². The van der Waals surface area contributed by atoms with Crippen molar-refractivity contribution in [2.45, 2.75) is 38.1 Å². The van der Waals surface area contributed by atoms with Crippen LogP contribution in [0, 0.1) is 5.41 Å². The van der Waals surface area contributed by atoms with Gasteiger partial charge in [0.2, 0.25) is 6.23 Å². The van der Waals surface area contributed by atoms with E-state index in [1.165, 1.54) is 6.33 Å². The highest BCUT2D eigenvalue weighted by Crippen LogP contribution is 2.44. The van der Waals surface area contributed by atoms with E-state index in [4.69, 9.17) is 19.6 Å². The zero-order valence-electron chi connectivity index (χ0n) is 12.1. The SMILES string of the molecule is C=C1OC(n2cnc3c(=N)n(O)cnc32)C2OC(C)(C)OC12. The van der Waals surface area contributed by atoms with E-state index in [1.54, 1.807) is 4.57 Å². The van der Waals surface area contributed by atoms with E-state index < -0.39 is 12.0 Å². The van der Waals surface area contributed by atoms with Crippen molar-refractivity contribution in [3.05, 3.63) is 30.5 Å². The van der Waals surface area contributed by atoms with Gasteiger partial charge in [-0.2, -0.15) is 4.73 Å².